The standard InChI is InChI=1S/C30H32F4N10O2S2/c31-29(32)13-43(14-29)21-6-4-19(35-11-21)9-23(45)37-27-41-39-25(47-27)17-2-1-3-18(8-17)26-40-42-28(48-26)38-24(46)10-20-5-7-22(12-36-20)44-15-30(33,34)16-44/h4-7,11-12,17-18,23,45H,1-3,8-10,13-16H2,(H,37,41)(H,38,42,46). The molecule has 0 aromatic carbocycles. The average Bonchev–Trinajstić information content (AvgIpc) is 3.69. The van der Waals surface area contributed by atoms with Gasteiger partial charge in [0.05, 0.1) is 56.4 Å². The van der Waals surface area contributed by atoms with Crippen LogP contribution >= 0.6 is 22.7 Å². The predicted octanol–water partition coefficient (Wildman–Crippen LogP) is 4.69. The number of nitrogens with one attached hydrogen (secondary N) is 2. The molecular formula is C30H32F4N10O2S2. The van der Waals surface area contributed by atoms with E-state index in [2.05, 4.69) is 41.0 Å². The number of hydrogen-bond acceptors (Lipinski definition) is 13. The topological polar surface area (TPSA) is 145 Å². The van der Waals surface area contributed by atoms with Crippen molar-refractivity contribution in [1.29, 1.82) is 0 Å². The van der Waals surface area contributed by atoms with Crippen LogP contribution in [0.3, 0.4) is 0 Å². The normalized spacial score (nSPS) is 22.0. The van der Waals surface area contributed by atoms with Gasteiger partial charge >= 0.3 is 0 Å². The molecule has 2 saturated heterocycles. The van der Waals surface area contributed by atoms with Crippen LogP contribution in [0, 0.1) is 0 Å². The molecule has 3 atom stereocenters. The molecular weight excluding hydrogens is 673 g/mol. The van der Waals surface area contributed by atoms with E-state index < -0.39 is 18.1 Å². The molecule has 0 bridgehead atoms. The molecule has 2 aliphatic heterocycles. The number of anilines is 4. The second-order valence-corrected chi connectivity index (χ2v) is 14.5. The highest BCUT2D eigenvalue weighted by Crippen LogP contribution is 2.43. The van der Waals surface area contributed by atoms with Gasteiger partial charge in [0.15, 0.2) is 0 Å². The Morgan fingerprint density at radius 1 is 0.833 bits per heavy atom. The Balaban J connectivity index is 0.875. The van der Waals surface area contributed by atoms with E-state index >= 15 is 0 Å². The highest BCUT2D eigenvalue weighted by molar-refractivity contribution is 7.15. The first-order valence-corrected chi connectivity index (χ1v) is 17.2. The number of amides is 1. The van der Waals surface area contributed by atoms with Gasteiger partial charge in [-0.25, -0.2) is 17.6 Å². The molecule has 7 rings (SSSR count). The summed E-state index contributed by atoms with van der Waals surface area (Å²) in [4.78, 5) is 24.3. The van der Waals surface area contributed by atoms with E-state index in [0.29, 0.717) is 33.0 Å². The average molecular weight is 705 g/mol. The van der Waals surface area contributed by atoms with E-state index in [-0.39, 0.29) is 56.8 Å². The number of halogens is 4. The van der Waals surface area contributed by atoms with Crippen LogP contribution in [0.5, 0.6) is 0 Å². The summed E-state index contributed by atoms with van der Waals surface area (Å²) < 4.78 is 52.6. The van der Waals surface area contributed by atoms with Gasteiger partial charge < -0.3 is 25.5 Å². The third kappa shape index (κ3) is 7.65. The van der Waals surface area contributed by atoms with E-state index in [9.17, 15) is 27.5 Å². The van der Waals surface area contributed by atoms with Crippen molar-refractivity contribution in [2.75, 3.05) is 46.6 Å². The summed E-state index contributed by atoms with van der Waals surface area (Å²) in [5.74, 6) is -5.30. The van der Waals surface area contributed by atoms with E-state index in [4.69, 9.17) is 0 Å². The van der Waals surface area contributed by atoms with Crippen molar-refractivity contribution >= 4 is 50.2 Å². The van der Waals surface area contributed by atoms with Crippen molar-refractivity contribution in [3.8, 4) is 0 Å². The Morgan fingerprint density at radius 2 is 1.38 bits per heavy atom. The Bertz CT molecular complexity index is 1720. The van der Waals surface area contributed by atoms with Crippen LogP contribution in [0.1, 0.15) is 58.9 Å². The van der Waals surface area contributed by atoms with Crippen LogP contribution in [0.4, 0.5) is 39.2 Å². The summed E-state index contributed by atoms with van der Waals surface area (Å²) in [7, 11) is 0. The summed E-state index contributed by atoms with van der Waals surface area (Å²) in [6.07, 6.45) is 5.96. The summed E-state index contributed by atoms with van der Waals surface area (Å²) >= 11 is 2.73. The Kier molecular flexibility index (Phi) is 8.88. The number of alkyl halides is 4. The maximum absolute atomic E-state index is 13.1. The SMILES string of the molecule is O=C(Cc1ccc(N2CC(F)(F)C2)cn1)Nc1nnc(C2CCCC(c3nnc(NC(O)Cc4ccc(N5CC(F)(F)C5)cn4)s3)C2)s1. The summed E-state index contributed by atoms with van der Waals surface area (Å²) in [6, 6.07) is 6.79. The van der Waals surface area contributed by atoms with Crippen LogP contribution < -0.4 is 20.4 Å². The Labute approximate surface area is 280 Å². The highest BCUT2D eigenvalue weighted by Gasteiger charge is 2.44. The van der Waals surface area contributed by atoms with E-state index in [1.807, 2.05) is 0 Å². The van der Waals surface area contributed by atoms with Gasteiger partial charge in [0.1, 0.15) is 16.2 Å². The molecule has 0 radical (unpaired) electrons. The molecule has 1 aliphatic carbocycles. The first-order valence-electron chi connectivity index (χ1n) is 15.5. The Morgan fingerprint density at radius 3 is 1.92 bits per heavy atom. The molecule has 6 heterocycles. The number of nitrogens with zero attached hydrogens (tertiary/aromatic N) is 8. The van der Waals surface area contributed by atoms with Crippen LogP contribution in [0.15, 0.2) is 36.7 Å². The van der Waals surface area contributed by atoms with Crippen molar-refractivity contribution in [3.63, 3.8) is 0 Å². The van der Waals surface area contributed by atoms with Gasteiger partial charge in [0.2, 0.25) is 16.2 Å². The number of aromatic nitrogens is 6. The minimum absolute atomic E-state index is 0.0181. The highest BCUT2D eigenvalue weighted by atomic mass is 32.1. The molecule has 3 unspecified atom stereocenters. The first kappa shape index (κ1) is 32.5. The van der Waals surface area contributed by atoms with E-state index in [1.54, 1.807) is 29.2 Å². The van der Waals surface area contributed by atoms with Crippen molar-refractivity contribution in [2.24, 2.45) is 0 Å². The molecule has 3 N–H and O–H groups in total. The second kappa shape index (κ2) is 13.1. The second-order valence-electron chi connectivity index (χ2n) is 12.5. The summed E-state index contributed by atoms with van der Waals surface area (Å²) in [6.45, 7) is -1.29. The largest absolute Gasteiger partial charge is 0.373 e. The number of carbonyl (C=O) groups is 1. The fourth-order valence-electron chi connectivity index (χ4n) is 6.09. The maximum Gasteiger partial charge on any atom is 0.282 e. The van der Waals surface area contributed by atoms with Crippen molar-refractivity contribution in [3.05, 3.63) is 58.1 Å². The third-order valence-electron chi connectivity index (χ3n) is 8.57. The molecule has 3 aliphatic rings. The molecule has 1 saturated carbocycles. The minimum Gasteiger partial charge on any atom is -0.373 e. The van der Waals surface area contributed by atoms with Gasteiger partial charge in [-0.2, -0.15) is 0 Å². The number of carbonyl (C=O) groups excluding carboxylic acids is 1. The van der Waals surface area contributed by atoms with E-state index in [0.717, 1.165) is 35.7 Å². The lowest BCUT2D eigenvalue weighted by atomic mass is 9.82. The van der Waals surface area contributed by atoms with Gasteiger partial charge in [-0.15, -0.1) is 20.4 Å². The molecule has 4 aromatic heterocycles. The number of aliphatic hydroxyl groups excluding tert-OH is 1. The van der Waals surface area contributed by atoms with Crippen molar-refractivity contribution in [2.45, 2.75) is 68.4 Å². The summed E-state index contributed by atoms with van der Waals surface area (Å²) in [5.41, 5.74) is 2.36. The molecule has 254 valence electrons. The molecule has 48 heavy (non-hydrogen) atoms. The summed E-state index contributed by atoms with van der Waals surface area (Å²) in [5, 5.41) is 36.1. The zero-order valence-electron chi connectivity index (χ0n) is 25.5. The van der Waals surface area contributed by atoms with E-state index in [1.165, 1.54) is 40.0 Å². The van der Waals surface area contributed by atoms with Crippen LogP contribution in [0.2, 0.25) is 0 Å². The fourth-order valence-corrected chi connectivity index (χ4v) is 7.93. The van der Waals surface area contributed by atoms with Gasteiger partial charge in [-0.1, -0.05) is 29.1 Å². The smallest absolute Gasteiger partial charge is 0.282 e. The fraction of sp³-hybridized carbons (Fsp3) is 0.500. The molecule has 4 aromatic rings. The quantitative estimate of drug-likeness (QED) is 0.148. The monoisotopic (exact) mass is 704 g/mol. The number of pyridine rings is 2. The zero-order valence-corrected chi connectivity index (χ0v) is 27.2. The molecule has 12 nitrogen and oxygen atoms in total. The minimum atomic E-state index is -2.67. The molecule has 3 fully saturated rings. The van der Waals surface area contributed by atoms with Gasteiger partial charge in [0.25, 0.3) is 11.8 Å². The maximum atomic E-state index is 13.1. The van der Waals surface area contributed by atoms with Crippen LogP contribution in [-0.2, 0) is 17.6 Å². The first-order chi connectivity index (χ1) is 23.0. The molecule has 0 spiro atoms. The number of aliphatic hydroxyl groups is 1. The van der Waals surface area contributed by atoms with Crippen molar-refractivity contribution < 1.29 is 27.5 Å². The van der Waals surface area contributed by atoms with Gasteiger partial charge in [-0.05, 0) is 43.5 Å². The lowest BCUT2D eigenvalue weighted by Gasteiger charge is -2.40. The Hall–Kier alpha value is -4.03. The number of rotatable bonds is 11. The lowest BCUT2D eigenvalue weighted by Crippen LogP contribution is -2.56. The van der Waals surface area contributed by atoms with Gasteiger partial charge in [0, 0.05) is 29.6 Å². The zero-order chi connectivity index (χ0) is 33.5. The predicted molar refractivity (Wildman–Crippen MR) is 172 cm³/mol. The third-order valence-corrected chi connectivity index (χ3v) is 10.6. The lowest BCUT2D eigenvalue weighted by molar-refractivity contribution is -0.115. The van der Waals surface area contributed by atoms with Crippen LogP contribution in [-0.4, -0.2) is 85.6 Å². The molecule has 18 heteroatoms. The van der Waals surface area contributed by atoms with Gasteiger partial charge in [-0.3, -0.25) is 14.8 Å². The number of hydrogen-bond donors (Lipinski definition) is 3. The van der Waals surface area contributed by atoms with Crippen LogP contribution in [0.25, 0.3) is 0 Å². The molecule has 1 amide bonds. The van der Waals surface area contributed by atoms with Crippen molar-refractivity contribution in [1.82, 2.24) is 30.4 Å².